The fourth-order valence-corrected chi connectivity index (χ4v) is 3.36. The van der Waals surface area contributed by atoms with E-state index < -0.39 is 0 Å². The molecule has 7 heteroatoms. The standard InChI is InChI=1S/C21H28N4O2.HI/c1-22-21(23-12-11-19-10-5-13-27-19)24-15-16-6-4-9-18(14-16)25-20(26)17-7-2-3-8-17;/h4-6,9-10,13-14,17H,2-3,7-8,11-12,15H2,1H3,(H,25,26)(H2,22,23,24);1H. The summed E-state index contributed by atoms with van der Waals surface area (Å²) in [6.07, 6.45) is 6.82. The number of amides is 1. The van der Waals surface area contributed by atoms with Gasteiger partial charge >= 0.3 is 0 Å². The maximum Gasteiger partial charge on any atom is 0.227 e. The van der Waals surface area contributed by atoms with Crippen molar-refractivity contribution in [3.63, 3.8) is 0 Å². The predicted molar refractivity (Wildman–Crippen MR) is 123 cm³/mol. The van der Waals surface area contributed by atoms with Gasteiger partial charge in [0.05, 0.1) is 6.26 Å². The zero-order chi connectivity index (χ0) is 18.9. The highest BCUT2D eigenvalue weighted by atomic mass is 127. The number of carbonyl (C=O) groups excluding carboxylic acids is 1. The molecule has 1 fully saturated rings. The molecule has 1 aliphatic carbocycles. The number of rotatable bonds is 7. The first-order valence-electron chi connectivity index (χ1n) is 9.61. The molecule has 0 spiro atoms. The first-order chi connectivity index (χ1) is 13.2. The van der Waals surface area contributed by atoms with Crippen molar-refractivity contribution in [1.29, 1.82) is 0 Å². The molecule has 1 aromatic heterocycles. The van der Waals surface area contributed by atoms with Crippen molar-refractivity contribution in [2.24, 2.45) is 10.9 Å². The minimum Gasteiger partial charge on any atom is -0.469 e. The Balaban J connectivity index is 0.00000280. The summed E-state index contributed by atoms with van der Waals surface area (Å²) in [6, 6.07) is 11.8. The number of halogens is 1. The van der Waals surface area contributed by atoms with Crippen molar-refractivity contribution in [3.05, 3.63) is 54.0 Å². The fraction of sp³-hybridized carbons (Fsp3) is 0.429. The molecular weight excluding hydrogens is 467 g/mol. The lowest BCUT2D eigenvalue weighted by Crippen LogP contribution is -2.37. The normalized spacial score (nSPS) is 14.4. The minimum absolute atomic E-state index is 0. The van der Waals surface area contributed by atoms with Crippen molar-refractivity contribution in [2.75, 3.05) is 18.9 Å². The van der Waals surface area contributed by atoms with Gasteiger partial charge in [0, 0.05) is 38.2 Å². The van der Waals surface area contributed by atoms with Crippen LogP contribution in [0.2, 0.25) is 0 Å². The number of furan rings is 1. The number of hydrogen-bond donors (Lipinski definition) is 3. The van der Waals surface area contributed by atoms with E-state index in [1.165, 1.54) is 0 Å². The molecule has 1 amide bonds. The molecular formula is C21H29IN4O2. The fourth-order valence-electron chi connectivity index (χ4n) is 3.36. The van der Waals surface area contributed by atoms with Crippen molar-refractivity contribution >= 4 is 41.5 Å². The van der Waals surface area contributed by atoms with Crippen LogP contribution >= 0.6 is 24.0 Å². The Morgan fingerprint density at radius 3 is 2.71 bits per heavy atom. The SMILES string of the molecule is CN=C(NCCc1ccco1)NCc1cccc(NC(=O)C2CCCC2)c1.I. The number of anilines is 1. The molecule has 0 bridgehead atoms. The molecule has 0 saturated heterocycles. The molecule has 0 atom stereocenters. The van der Waals surface area contributed by atoms with Gasteiger partial charge in [-0.2, -0.15) is 0 Å². The predicted octanol–water partition coefficient (Wildman–Crippen LogP) is 3.93. The second kappa shape index (κ2) is 11.7. The van der Waals surface area contributed by atoms with Gasteiger partial charge in [0.2, 0.25) is 5.91 Å². The van der Waals surface area contributed by atoms with Crippen LogP contribution in [0.4, 0.5) is 5.69 Å². The van der Waals surface area contributed by atoms with E-state index >= 15 is 0 Å². The van der Waals surface area contributed by atoms with Crippen LogP contribution < -0.4 is 16.0 Å². The molecule has 1 heterocycles. The lowest BCUT2D eigenvalue weighted by atomic mass is 10.1. The third-order valence-corrected chi connectivity index (χ3v) is 4.85. The number of guanidine groups is 1. The molecule has 6 nitrogen and oxygen atoms in total. The van der Waals surface area contributed by atoms with Crippen LogP contribution in [0.5, 0.6) is 0 Å². The second-order valence-corrected chi connectivity index (χ2v) is 6.85. The summed E-state index contributed by atoms with van der Waals surface area (Å²) in [5.41, 5.74) is 1.94. The third-order valence-electron chi connectivity index (χ3n) is 4.85. The highest BCUT2D eigenvalue weighted by Crippen LogP contribution is 2.26. The number of hydrogen-bond acceptors (Lipinski definition) is 3. The number of aliphatic imine (C=N–C) groups is 1. The van der Waals surface area contributed by atoms with E-state index in [2.05, 4.69) is 20.9 Å². The maximum absolute atomic E-state index is 12.3. The summed E-state index contributed by atoms with van der Waals surface area (Å²) in [4.78, 5) is 16.5. The Kier molecular flexibility index (Phi) is 9.33. The van der Waals surface area contributed by atoms with Crippen LogP contribution in [0.1, 0.15) is 37.0 Å². The highest BCUT2D eigenvalue weighted by molar-refractivity contribution is 14.0. The van der Waals surface area contributed by atoms with Gasteiger partial charge in [0.1, 0.15) is 5.76 Å². The lowest BCUT2D eigenvalue weighted by Gasteiger charge is -2.13. The smallest absolute Gasteiger partial charge is 0.227 e. The van der Waals surface area contributed by atoms with Gasteiger partial charge in [0.15, 0.2) is 5.96 Å². The molecule has 0 aliphatic heterocycles. The molecule has 0 unspecified atom stereocenters. The van der Waals surface area contributed by atoms with Crippen LogP contribution in [0, 0.1) is 5.92 Å². The quantitative estimate of drug-likeness (QED) is 0.309. The van der Waals surface area contributed by atoms with Gasteiger partial charge in [-0.25, -0.2) is 0 Å². The Hall–Kier alpha value is -2.03. The zero-order valence-corrected chi connectivity index (χ0v) is 18.6. The number of nitrogens with one attached hydrogen (secondary N) is 3. The largest absolute Gasteiger partial charge is 0.469 e. The molecule has 3 N–H and O–H groups in total. The van der Waals surface area contributed by atoms with E-state index in [9.17, 15) is 4.79 Å². The van der Waals surface area contributed by atoms with Crippen molar-refractivity contribution in [1.82, 2.24) is 10.6 Å². The monoisotopic (exact) mass is 496 g/mol. The van der Waals surface area contributed by atoms with Crippen LogP contribution in [0.15, 0.2) is 52.1 Å². The molecule has 1 aliphatic rings. The van der Waals surface area contributed by atoms with E-state index in [4.69, 9.17) is 4.42 Å². The average Bonchev–Trinajstić information content (AvgIpc) is 3.38. The molecule has 28 heavy (non-hydrogen) atoms. The molecule has 0 radical (unpaired) electrons. The summed E-state index contributed by atoms with van der Waals surface area (Å²) in [5, 5.41) is 9.62. The number of benzene rings is 1. The van der Waals surface area contributed by atoms with Gasteiger partial charge in [-0.1, -0.05) is 25.0 Å². The third kappa shape index (κ3) is 6.85. The van der Waals surface area contributed by atoms with Crippen molar-refractivity contribution < 1.29 is 9.21 Å². The average molecular weight is 496 g/mol. The van der Waals surface area contributed by atoms with E-state index in [1.54, 1.807) is 13.3 Å². The molecule has 2 aromatic rings. The summed E-state index contributed by atoms with van der Waals surface area (Å²) in [7, 11) is 1.75. The van der Waals surface area contributed by atoms with E-state index in [0.29, 0.717) is 6.54 Å². The van der Waals surface area contributed by atoms with Gasteiger partial charge in [-0.3, -0.25) is 9.79 Å². The van der Waals surface area contributed by atoms with Gasteiger partial charge in [-0.05, 0) is 42.7 Å². The second-order valence-electron chi connectivity index (χ2n) is 6.85. The molecule has 1 saturated carbocycles. The minimum atomic E-state index is 0. The zero-order valence-electron chi connectivity index (χ0n) is 16.2. The molecule has 3 rings (SSSR count). The lowest BCUT2D eigenvalue weighted by molar-refractivity contribution is -0.119. The van der Waals surface area contributed by atoms with E-state index in [0.717, 1.165) is 61.6 Å². The van der Waals surface area contributed by atoms with Crippen LogP contribution in [-0.4, -0.2) is 25.5 Å². The summed E-state index contributed by atoms with van der Waals surface area (Å²) in [6.45, 7) is 1.37. The Morgan fingerprint density at radius 2 is 2.00 bits per heavy atom. The van der Waals surface area contributed by atoms with Crippen molar-refractivity contribution in [2.45, 2.75) is 38.6 Å². The van der Waals surface area contributed by atoms with Gasteiger partial charge in [0.25, 0.3) is 0 Å². The molecule has 1 aromatic carbocycles. The number of nitrogens with zero attached hydrogens (tertiary/aromatic N) is 1. The first-order valence-corrected chi connectivity index (χ1v) is 9.61. The highest BCUT2D eigenvalue weighted by Gasteiger charge is 2.22. The van der Waals surface area contributed by atoms with Crippen LogP contribution in [0.3, 0.4) is 0 Å². The Bertz CT molecular complexity index is 756. The van der Waals surface area contributed by atoms with Gasteiger partial charge < -0.3 is 20.4 Å². The topological polar surface area (TPSA) is 78.7 Å². The summed E-state index contributed by atoms with van der Waals surface area (Å²) < 4.78 is 5.33. The van der Waals surface area contributed by atoms with E-state index in [1.807, 2.05) is 36.4 Å². The summed E-state index contributed by atoms with van der Waals surface area (Å²) >= 11 is 0. The first kappa shape index (κ1) is 22.3. The number of carbonyl (C=O) groups is 1. The van der Waals surface area contributed by atoms with Crippen LogP contribution in [0.25, 0.3) is 0 Å². The summed E-state index contributed by atoms with van der Waals surface area (Å²) in [5.74, 6) is 2.00. The Labute approximate surface area is 183 Å². The van der Waals surface area contributed by atoms with Crippen molar-refractivity contribution in [3.8, 4) is 0 Å². The molecule has 152 valence electrons. The van der Waals surface area contributed by atoms with Gasteiger partial charge in [-0.15, -0.1) is 24.0 Å². The maximum atomic E-state index is 12.3. The van der Waals surface area contributed by atoms with Crippen LogP contribution in [-0.2, 0) is 17.8 Å². The van der Waals surface area contributed by atoms with E-state index in [-0.39, 0.29) is 35.8 Å². The Morgan fingerprint density at radius 1 is 1.18 bits per heavy atom.